The Morgan fingerprint density at radius 3 is 3.00 bits per heavy atom. The van der Waals surface area contributed by atoms with Gasteiger partial charge in [0.15, 0.2) is 0 Å². The minimum absolute atomic E-state index is 0.267. The van der Waals surface area contributed by atoms with Crippen molar-refractivity contribution >= 4 is 21.9 Å². The van der Waals surface area contributed by atoms with E-state index in [0.29, 0.717) is 26.1 Å². The zero-order chi connectivity index (χ0) is 13.9. The van der Waals surface area contributed by atoms with Crippen molar-refractivity contribution in [2.45, 2.75) is 25.9 Å². The molecule has 104 valence electrons. The highest BCUT2D eigenvalue weighted by Crippen LogP contribution is 2.38. The number of aliphatic carboxylic acids is 1. The second-order valence-electron chi connectivity index (χ2n) is 4.78. The molecule has 4 nitrogen and oxygen atoms in total. The summed E-state index contributed by atoms with van der Waals surface area (Å²) in [5, 5.41) is 9.43. The lowest BCUT2D eigenvalue weighted by molar-refractivity contribution is -0.153. The molecule has 1 saturated heterocycles. The number of hydrogen-bond acceptors (Lipinski definition) is 3. The molecule has 1 aromatic rings. The number of carboxylic acids is 1. The second-order valence-corrected chi connectivity index (χ2v) is 5.70. The van der Waals surface area contributed by atoms with Crippen molar-refractivity contribution in [3.63, 3.8) is 0 Å². The first-order valence-electron chi connectivity index (χ1n) is 6.28. The molecule has 0 amide bonds. The van der Waals surface area contributed by atoms with Crippen LogP contribution in [0.1, 0.15) is 19.8 Å². The number of carbonyl (C=O) groups is 1. The molecule has 5 heteroatoms. The summed E-state index contributed by atoms with van der Waals surface area (Å²) < 4.78 is 12.0. The van der Waals surface area contributed by atoms with Crippen LogP contribution >= 0.6 is 15.9 Å². The summed E-state index contributed by atoms with van der Waals surface area (Å²) in [7, 11) is 0. The molecule has 1 heterocycles. The van der Waals surface area contributed by atoms with Crippen LogP contribution in [0.3, 0.4) is 0 Å². The van der Waals surface area contributed by atoms with Crippen molar-refractivity contribution in [2.75, 3.05) is 13.2 Å². The third-order valence-corrected chi connectivity index (χ3v) is 4.23. The zero-order valence-corrected chi connectivity index (χ0v) is 12.4. The Balaban J connectivity index is 1.95. The number of halogens is 1. The van der Waals surface area contributed by atoms with E-state index in [-0.39, 0.29) is 6.10 Å². The molecule has 1 fully saturated rings. The predicted molar refractivity (Wildman–Crippen MR) is 74.4 cm³/mol. The van der Waals surface area contributed by atoms with Gasteiger partial charge in [-0.05, 0) is 31.5 Å². The monoisotopic (exact) mass is 328 g/mol. The van der Waals surface area contributed by atoms with Gasteiger partial charge in [-0.2, -0.15) is 0 Å². The van der Waals surface area contributed by atoms with Gasteiger partial charge >= 0.3 is 5.97 Å². The van der Waals surface area contributed by atoms with E-state index in [4.69, 9.17) is 9.47 Å². The molecule has 2 rings (SSSR count). The van der Waals surface area contributed by atoms with Crippen molar-refractivity contribution in [1.82, 2.24) is 0 Å². The van der Waals surface area contributed by atoms with Crippen molar-refractivity contribution in [3.05, 3.63) is 28.7 Å². The molecule has 0 aliphatic carbocycles. The van der Waals surface area contributed by atoms with Gasteiger partial charge in [0, 0.05) is 17.5 Å². The van der Waals surface area contributed by atoms with Crippen molar-refractivity contribution in [2.24, 2.45) is 5.41 Å². The van der Waals surface area contributed by atoms with Crippen molar-refractivity contribution < 1.29 is 19.4 Å². The standard InChI is InChI=1S/C14H17BrO4/c1-10-14(13(16)17,5-7-18-10)6-8-19-12-4-2-3-11(15)9-12/h2-4,9-10H,5-8H2,1H3,(H,16,17). The first kappa shape index (κ1) is 14.3. The maximum Gasteiger partial charge on any atom is 0.312 e. The first-order chi connectivity index (χ1) is 9.04. The minimum atomic E-state index is -0.813. The van der Waals surface area contributed by atoms with Gasteiger partial charge in [-0.25, -0.2) is 0 Å². The van der Waals surface area contributed by atoms with Gasteiger partial charge in [0.25, 0.3) is 0 Å². The predicted octanol–water partition coefficient (Wildman–Crippen LogP) is 3.10. The minimum Gasteiger partial charge on any atom is -0.494 e. The smallest absolute Gasteiger partial charge is 0.312 e. The van der Waals surface area contributed by atoms with Gasteiger partial charge in [0.05, 0.1) is 18.1 Å². The van der Waals surface area contributed by atoms with E-state index in [9.17, 15) is 9.90 Å². The Bertz CT molecular complexity index is 463. The van der Waals surface area contributed by atoms with Crippen molar-refractivity contribution in [3.8, 4) is 5.75 Å². The van der Waals surface area contributed by atoms with E-state index in [1.165, 1.54) is 0 Å². The van der Waals surface area contributed by atoms with Crippen LogP contribution in [-0.4, -0.2) is 30.4 Å². The van der Waals surface area contributed by atoms with E-state index < -0.39 is 11.4 Å². The highest BCUT2D eigenvalue weighted by Gasteiger charge is 2.48. The summed E-state index contributed by atoms with van der Waals surface area (Å²) >= 11 is 3.37. The van der Waals surface area contributed by atoms with E-state index in [2.05, 4.69) is 15.9 Å². The molecule has 2 atom stereocenters. The highest BCUT2D eigenvalue weighted by atomic mass is 79.9. The van der Waals surface area contributed by atoms with Gasteiger partial charge in [-0.15, -0.1) is 0 Å². The molecular weight excluding hydrogens is 312 g/mol. The summed E-state index contributed by atoms with van der Waals surface area (Å²) in [6, 6.07) is 7.51. The summed E-state index contributed by atoms with van der Waals surface area (Å²) in [5.74, 6) is -0.0585. The van der Waals surface area contributed by atoms with Gasteiger partial charge in [-0.3, -0.25) is 4.79 Å². The molecular formula is C14H17BrO4. The quantitative estimate of drug-likeness (QED) is 0.902. The summed E-state index contributed by atoms with van der Waals surface area (Å²) in [5.41, 5.74) is -0.813. The lowest BCUT2D eigenvalue weighted by atomic mass is 9.79. The van der Waals surface area contributed by atoms with E-state index >= 15 is 0 Å². The van der Waals surface area contributed by atoms with Crippen LogP contribution in [0.15, 0.2) is 28.7 Å². The average Bonchev–Trinajstić information content (AvgIpc) is 2.72. The number of hydrogen-bond donors (Lipinski definition) is 1. The molecule has 2 unspecified atom stereocenters. The molecule has 0 bridgehead atoms. The molecule has 0 aromatic heterocycles. The number of carboxylic acid groups (broad SMARTS) is 1. The van der Waals surface area contributed by atoms with E-state index in [1.807, 2.05) is 31.2 Å². The number of rotatable bonds is 5. The fourth-order valence-electron chi connectivity index (χ4n) is 2.40. The van der Waals surface area contributed by atoms with Crippen LogP contribution in [0.4, 0.5) is 0 Å². The molecule has 1 aromatic carbocycles. The molecule has 0 radical (unpaired) electrons. The Morgan fingerprint density at radius 2 is 2.42 bits per heavy atom. The molecule has 1 aliphatic rings. The maximum atomic E-state index is 11.5. The third kappa shape index (κ3) is 3.09. The molecule has 1 N–H and O–H groups in total. The Morgan fingerprint density at radius 1 is 1.63 bits per heavy atom. The summed E-state index contributed by atoms with van der Waals surface area (Å²) in [6.07, 6.45) is 0.734. The zero-order valence-electron chi connectivity index (χ0n) is 10.8. The SMILES string of the molecule is CC1OCCC1(CCOc1cccc(Br)c1)C(=O)O. The Hall–Kier alpha value is -1.07. The van der Waals surface area contributed by atoms with Crippen LogP contribution < -0.4 is 4.74 Å². The summed E-state index contributed by atoms with van der Waals surface area (Å²) in [6.45, 7) is 2.70. The first-order valence-corrected chi connectivity index (χ1v) is 7.07. The topological polar surface area (TPSA) is 55.8 Å². The van der Waals surface area contributed by atoms with Gasteiger partial charge in [0.2, 0.25) is 0 Å². The van der Waals surface area contributed by atoms with Crippen LogP contribution in [0.25, 0.3) is 0 Å². The summed E-state index contributed by atoms with van der Waals surface area (Å²) in [4.78, 5) is 11.5. The van der Waals surface area contributed by atoms with Gasteiger partial charge < -0.3 is 14.6 Å². The largest absolute Gasteiger partial charge is 0.494 e. The fourth-order valence-corrected chi connectivity index (χ4v) is 2.78. The average molecular weight is 329 g/mol. The number of benzene rings is 1. The van der Waals surface area contributed by atoms with Crippen LogP contribution in [0, 0.1) is 5.41 Å². The lowest BCUT2D eigenvalue weighted by Crippen LogP contribution is -2.38. The Kier molecular flexibility index (Phi) is 4.47. The van der Waals surface area contributed by atoms with Crippen LogP contribution in [0.2, 0.25) is 0 Å². The van der Waals surface area contributed by atoms with E-state index in [0.717, 1.165) is 10.2 Å². The fraction of sp³-hybridized carbons (Fsp3) is 0.500. The second kappa shape index (κ2) is 5.92. The lowest BCUT2D eigenvalue weighted by Gasteiger charge is -2.27. The molecule has 1 aliphatic heterocycles. The normalized spacial score (nSPS) is 26.3. The van der Waals surface area contributed by atoms with E-state index in [1.54, 1.807) is 0 Å². The third-order valence-electron chi connectivity index (χ3n) is 3.73. The van der Waals surface area contributed by atoms with Crippen molar-refractivity contribution in [1.29, 1.82) is 0 Å². The molecule has 0 spiro atoms. The van der Waals surface area contributed by atoms with Gasteiger partial charge in [-0.1, -0.05) is 22.0 Å². The van der Waals surface area contributed by atoms with Crippen LogP contribution in [-0.2, 0) is 9.53 Å². The number of ether oxygens (including phenoxy) is 2. The maximum absolute atomic E-state index is 11.5. The molecule has 0 saturated carbocycles. The Labute approximate surface area is 120 Å². The van der Waals surface area contributed by atoms with Crippen LogP contribution in [0.5, 0.6) is 5.75 Å². The van der Waals surface area contributed by atoms with Gasteiger partial charge in [0.1, 0.15) is 5.75 Å². The molecule has 19 heavy (non-hydrogen) atoms. The highest BCUT2D eigenvalue weighted by molar-refractivity contribution is 9.10.